The van der Waals surface area contributed by atoms with Gasteiger partial charge in [-0.15, -0.1) is 0 Å². The van der Waals surface area contributed by atoms with Crippen LogP contribution in [0.5, 0.6) is 0 Å². The number of aliphatic hydroxyl groups excluding tert-OH is 1. The van der Waals surface area contributed by atoms with Crippen LogP contribution in [0.2, 0.25) is 0 Å². The molecule has 3 rings (SSSR count). The number of benzene rings is 2. The third-order valence-electron chi connectivity index (χ3n) is 4.28. The third-order valence-corrected chi connectivity index (χ3v) is 5.18. The lowest BCUT2D eigenvalue weighted by atomic mass is 10.1. The topological polar surface area (TPSA) is 86.7 Å². The van der Waals surface area contributed by atoms with Crippen LogP contribution in [0.4, 0.5) is 9.18 Å². The van der Waals surface area contributed by atoms with Crippen LogP contribution < -0.4 is 5.32 Å². The molecule has 2 N–H and O–H groups in total. The minimum Gasteiger partial charge on any atom is -0.394 e. The fourth-order valence-corrected chi connectivity index (χ4v) is 3.68. The number of aliphatic hydroxyl groups is 1. The quantitative estimate of drug-likeness (QED) is 0.680. The molecule has 2 aromatic rings. The molecular weight excluding hydrogens is 395 g/mol. The zero-order valence-electron chi connectivity index (χ0n) is 15.4. The van der Waals surface area contributed by atoms with Crippen LogP contribution in [0.1, 0.15) is 11.1 Å². The van der Waals surface area contributed by atoms with E-state index in [0.29, 0.717) is 18.2 Å². The summed E-state index contributed by atoms with van der Waals surface area (Å²) in [5, 5.41) is 11.6. The second kappa shape index (κ2) is 9.49. The van der Waals surface area contributed by atoms with E-state index in [1.54, 1.807) is 6.07 Å². The largest absolute Gasteiger partial charge is 0.394 e. The highest BCUT2D eigenvalue weighted by molar-refractivity contribution is 8.18. The summed E-state index contributed by atoms with van der Waals surface area (Å²) < 4.78 is 13.8. The Morgan fingerprint density at radius 3 is 2.52 bits per heavy atom. The summed E-state index contributed by atoms with van der Waals surface area (Å²) in [5.41, 5.74) is 1.12. The first-order valence-corrected chi connectivity index (χ1v) is 9.73. The lowest BCUT2D eigenvalue weighted by molar-refractivity contribution is -0.129. The van der Waals surface area contributed by atoms with Gasteiger partial charge in [0.1, 0.15) is 12.4 Å². The van der Waals surface area contributed by atoms with Gasteiger partial charge in [-0.25, -0.2) is 4.39 Å². The molecule has 150 valence electrons. The molecule has 0 aromatic heterocycles. The van der Waals surface area contributed by atoms with Crippen molar-refractivity contribution < 1.29 is 23.9 Å². The van der Waals surface area contributed by atoms with Gasteiger partial charge in [-0.3, -0.25) is 19.3 Å². The molecule has 1 aliphatic rings. The van der Waals surface area contributed by atoms with Gasteiger partial charge in [0.05, 0.1) is 17.6 Å². The molecule has 0 radical (unpaired) electrons. The van der Waals surface area contributed by atoms with Crippen molar-refractivity contribution in [3.8, 4) is 0 Å². The molecule has 8 heteroatoms. The second-order valence-corrected chi connectivity index (χ2v) is 7.42. The van der Waals surface area contributed by atoms with E-state index < -0.39 is 35.5 Å². The Morgan fingerprint density at radius 2 is 1.83 bits per heavy atom. The summed E-state index contributed by atoms with van der Waals surface area (Å²) in [6.07, 6.45) is 1.71. The third kappa shape index (κ3) is 5.30. The van der Waals surface area contributed by atoms with Gasteiger partial charge in [0, 0.05) is 5.56 Å². The van der Waals surface area contributed by atoms with Gasteiger partial charge in [0.25, 0.3) is 11.1 Å². The molecule has 1 aliphatic heterocycles. The highest BCUT2D eigenvalue weighted by atomic mass is 32.2. The zero-order chi connectivity index (χ0) is 20.8. The van der Waals surface area contributed by atoms with E-state index >= 15 is 0 Å². The predicted molar refractivity (Wildman–Crippen MR) is 108 cm³/mol. The van der Waals surface area contributed by atoms with E-state index in [1.165, 1.54) is 24.3 Å². The average molecular weight is 414 g/mol. The van der Waals surface area contributed by atoms with Crippen molar-refractivity contribution in [2.75, 3.05) is 13.2 Å². The minimum atomic E-state index is -0.651. The van der Waals surface area contributed by atoms with E-state index in [2.05, 4.69) is 5.32 Å². The Balaban J connectivity index is 1.63. The molecule has 1 saturated heterocycles. The fourth-order valence-electron chi connectivity index (χ4n) is 2.85. The number of amides is 3. The van der Waals surface area contributed by atoms with Crippen molar-refractivity contribution >= 4 is 34.9 Å². The Kier molecular flexibility index (Phi) is 6.79. The average Bonchev–Trinajstić information content (AvgIpc) is 2.97. The van der Waals surface area contributed by atoms with Gasteiger partial charge < -0.3 is 10.4 Å². The van der Waals surface area contributed by atoms with Gasteiger partial charge in [0.2, 0.25) is 5.91 Å². The lowest BCUT2D eigenvalue weighted by Gasteiger charge is -2.18. The van der Waals surface area contributed by atoms with Crippen molar-refractivity contribution in [1.29, 1.82) is 0 Å². The number of carbonyl (C=O) groups is 3. The molecule has 3 amide bonds. The Bertz CT molecular complexity index is 949. The number of thioether (sulfide) groups is 1. The molecule has 2 aromatic carbocycles. The highest BCUT2D eigenvalue weighted by Crippen LogP contribution is 2.32. The normalized spacial score (nSPS) is 16.3. The maximum absolute atomic E-state index is 13.8. The first-order valence-electron chi connectivity index (χ1n) is 8.92. The maximum Gasteiger partial charge on any atom is 0.294 e. The SMILES string of the molecule is O=C(CN1C(=O)S/C(=C\c2ccccc2F)C1=O)N[C@@H](CO)Cc1ccccc1. The van der Waals surface area contributed by atoms with Gasteiger partial charge in [-0.2, -0.15) is 0 Å². The number of hydrogen-bond acceptors (Lipinski definition) is 5. The zero-order valence-corrected chi connectivity index (χ0v) is 16.2. The number of imide groups is 1. The van der Waals surface area contributed by atoms with E-state index in [1.807, 2.05) is 30.3 Å². The van der Waals surface area contributed by atoms with Crippen molar-refractivity contribution in [2.24, 2.45) is 0 Å². The number of hydrogen-bond donors (Lipinski definition) is 2. The van der Waals surface area contributed by atoms with Crippen LogP contribution in [-0.2, 0) is 16.0 Å². The monoisotopic (exact) mass is 414 g/mol. The molecule has 0 spiro atoms. The number of rotatable bonds is 7. The minimum absolute atomic E-state index is 0.0518. The van der Waals surface area contributed by atoms with Crippen LogP contribution in [0, 0.1) is 5.82 Å². The first kappa shape index (κ1) is 20.8. The Labute approximate surface area is 171 Å². The van der Waals surface area contributed by atoms with Crippen molar-refractivity contribution in [1.82, 2.24) is 10.2 Å². The first-order chi connectivity index (χ1) is 14.0. The molecule has 0 saturated carbocycles. The lowest BCUT2D eigenvalue weighted by Crippen LogP contribution is -2.45. The van der Waals surface area contributed by atoms with Gasteiger partial charge in [-0.05, 0) is 35.9 Å². The van der Waals surface area contributed by atoms with E-state index in [4.69, 9.17) is 0 Å². The second-order valence-electron chi connectivity index (χ2n) is 6.43. The van der Waals surface area contributed by atoms with Crippen molar-refractivity contribution in [3.05, 3.63) is 76.4 Å². The standard InChI is InChI=1S/C21H19FN2O4S/c22-17-9-5-4-8-15(17)11-18-20(27)24(21(28)29-18)12-19(26)23-16(13-25)10-14-6-2-1-3-7-14/h1-9,11,16,25H,10,12-13H2,(H,23,26)/b18-11-/t16-/m1/s1. The molecule has 0 bridgehead atoms. The molecule has 29 heavy (non-hydrogen) atoms. The molecule has 1 fully saturated rings. The number of halogens is 1. The summed E-state index contributed by atoms with van der Waals surface area (Å²) in [6, 6.07) is 14.7. The van der Waals surface area contributed by atoms with Gasteiger partial charge in [-0.1, -0.05) is 48.5 Å². The van der Waals surface area contributed by atoms with Crippen LogP contribution >= 0.6 is 11.8 Å². The van der Waals surface area contributed by atoms with E-state index in [9.17, 15) is 23.9 Å². The van der Waals surface area contributed by atoms with Crippen molar-refractivity contribution in [2.45, 2.75) is 12.5 Å². The Hall–Kier alpha value is -2.97. The molecule has 1 atom stereocenters. The Morgan fingerprint density at radius 1 is 1.14 bits per heavy atom. The molecule has 1 heterocycles. The molecular formula is C21H19FN2O4S. The smallest absolute Gasteiger partial charge is 0.294 e. The fraction of sp³-hybridized carbons (Fsp3) is 0.190. The van der Waals surface area contributed by atoms with Crippen molar-refractivity contribution in [3.63, 3.8) is 0 Å². The number of carbonyl (C=O) groups excluding carboxylic acids is 3. The maximum atomic E-state index is 13.8. The van der Waals surface area contributed by atoms with Gasteiger partial charge in [0.15, 0.2) is 0 Å². The summed E-state index contributed by atoms with van der Waals surface area (Å²) in [7, 11) is 0. The van der Waals surface area contributed by atoms with Crippen LogP contribution in [-0.4, -0.2) is 46.3 Å². The summed E-state index contributed by atoms with van der Waals surface area (Å²) >= 11 is 0.657. The predicted octanol–water partition coefficient (Wildman–Crippen LogP) is 2.58. The number of nitrogens with one attached hydrogen (secondary N) is 1. The summed E-state index contributed by atoms with van der Waals surface area (Å²) in [4.78, 5) is 37.8. The van der Waals surface area contributed by atoms with E-state index in [0.717, 1.165) is 10.5 Å². The highest BCUT2D eigenvalue weighted by Gasteiger charge is 2.36. The van der Waals surface area contributed by atoms with Crippen LogP contribution in [0.25, 0.3) is 6.08 Å². The molecule has 6 nitrogen and oxygen atoms in total. The summed E-state index contributed by atoms with van der Waals surface area (Å²) in [6.45, 7) is -0.750. The van der Waals surface area contributed by atoms with Crippen LogP contribution in [0.15, 0.2) is 59.5 Å². The van der Waals surface area contributed by atoms with E-state index in [-0.39, 0.29) is 17.1 Å². The van der Waals surface area contributed by atoms with Gasteiger partial charge >= 0.3 is 0 Å². The summed E-state index contributed by atoms with van der Waals surface area (Å²) in [5.74, 6) is -1.72. The molecule has 0 unspecified atom stereocenters. The number of nitrogens with zero attached hydrogens (tertiary/aromatic N) is 1. The molecule has 0 aliphatic carbocycles. The van der Waals surface area contributed by atoms with Crippen LogP contribution in [0.3, 0.4) is 0 Å².